The van der Waals surface area contributed by atoms with Gasteiger partial charge in [-0.1, -0.05) is 38.7 Å². The Morgan fingerprint density at radius 3 is 2.48 bits per heavy atom. The SMILES string of the molecule is CCCCCCCC(=O)Nc1ccc(C(=O)/C=C2\NC(C)(C)Cc3ccc(OC)cc32)cc1. The monoisotopic (exact) mass is 448 g/mol. The van der Waals surface area contributed by atoms with Crippen LogP contribution >= 0.6 is 0 Å². The van der Waals surface area contributed by atoms with Crippen molar-refractivity contribution in [3.8, 4) is 5.75 Å². The first-order valence-corrected chi connectivity index (χ1v) is 11.9. The van der Waals surface area contributed by atoms with Crippen LogP contribution in [0.2, 0.25) is 0 Å². The van der Waals surface area contributed by atoms with Gasteiger partial charge >= 0.3 is 0 Å². The zero-order valence-electron chi connectivity index (χ0n) is 20.3. The summed E-state index contributed by atoms with van der Waals surface area (Å²) >= 11 is 0. The summed E-state index contributed by atoms with van der Waals surface area (Å²) in [5.74, 6) is 0.698. The van der Waals surface area contributed by atoms with Gasteiger partial charge in [0.25, 0.3) is 0 Å². The third-order valence-corrected chi connectivity index (χ3v) is 5.95. The highest BCUT2D eigenvalue weighted by molar-refractivity contribution is 6.09. The van der Waals surface area contributed by atoms with Crippen LogP contribution in [-0.2, 0) is 11.2 Å². The average Bonchev–Trinajstić information content (AvgIpc) is 2.78. The molecule has 1 aliphatic heterocycles. The number of hydrogen-bond acceptors (Lipinski definition) is 4. The Bertz CT molecular complexity index is 1010. The molecule has 0 fully saturated rings. The third-order valence-electron chi connectivity index (χ3n) is 5.95. The number of nitrogens with one attached hydrogen (secondary N) is 2. The summed E-state index contributed by atoms with van der Waals surface area (Å²) in [6.07, 6.45) is 8.64. The number of carbonyl (C=O) groups is 2. The Kier molecular flexibility index (Phi) is 8.32. The molecule has 5 heteroatoms. The van der Waals surface area contributed by atoms with Crippen molar-refractivity contribution in [2.75, 3.05) is 12.4 Å². The number of unbranched alkanes of at least 4 members (excludes halogenated alkanes) is 4. The quantitative estimate of drug-likeness (QED) is 0.260. The predicted octanol–water partition coefficient (Wildman–Crippen LogP) is 6.14. The van der Waals surface area contributed by atoms with E-state index in [1.165, 1.54) is 24.8 Å². The van der Waals surface area contributed by atoms with Crippen LogP contribution in [-0.4, -0.2) is 24.3 Å². The summed E-state index contributed by atoms with van der Waals surface area (Å²) in [5, 5.41) is 6.42. The van der Waals surface area contributed by atoms with Gasteiger partial charge in [0.1, 0.15) is 5.75 Å². The van der Waals surface area contributed by atoms with Gasteiger partial charge in [0, 0.05) is 40.5 Å². The predicted molar refractivity (Wildman–Crippen MR) is 135 cm³/mol. The molecule has 0 aromatic heterocycles. The molecular weight excluding hydrogens is 412 g/mol. The Labute approximate surface area is 197 Å². The van der Waals surface area contributed by atoms with E-state index in [1.54, 1.807) is 37.5 Å². The maximum atomic E-state index is 13.0. The topological polar surface area (TPSA) is 67.4 Å². The molecule has 0 aliphatic carbocycles. The van der Waals surface area contributed by atoms with Crippen molar-refractivity contribution in [3.05, 3.63) is 65.2 Å². The van der Waals surface area contributed by atoms with Crippen molar-refractivity contribution < 1.29 is 14.3 Å². The van der Waals surface area contributed by atoms with Crippen LogP contribution in [0.5, 0.6) is 5.75 Å². The number of rotatable bonds is 10. The molecule has 1 heterocycles. The van der Waals surface area contributed by atoms with Gasteiger partial charge in [0.2, 0.25) is 5.91 Å². The van der Waals surface area contributed by atoms with E-state index in [2.05, 4.69) is 37.5 Å². The van der Waals surface area contributed by atoms with Crippen LogP contribution in [0.1, 0.15) is 80.8 Å². The molecule has 0 unspecified atom stereocenters. The van der Waals surface area contributed by atoms with E-state index in [9.17, 15) is 9.59 Å². The number of methoxy groups -OCH3 is 1. The normalized spacial score (nSPS) is 15.5. The van der Waals surface area contributed by atoms with E-state index < -0.39 is 0 Å². The van der Waals surface area contributed by atoms with Crippen LogP contribution < -0.4 is 15.4 Å². The van der Waals surface area contributed by atoms with Crippen LogP contribution in [0.3, 0.4) is 0 Å². The van der Waals surface area contributed by atoms with E-state index in [-0.39, 0.29) is 17.2 Å². The first-order valence-electron chi connectivity index (χ1n) is 11.9. The minimum absolute atomic E-state index is 0.0203. The second-order valence-electron chi connectivity index (χ2n) is 9.42. The van der Waals surface area contributed by atoms with Crippen LogP contribution in [0.25, 0.3) is 5.70 Å². The van der Waals surface area contributed by atoms with Crippen molar-refractivity contribution in [3.63, 3.8) is 0 Å². The minimum atomic E-state index is -0.154. The number of ketones is 1. The van der Waals surface area contributed by atoms with Gasteiger partial charge in [-0.15, -0.1) is 0 Å². The van der Waals surface area contributed by atoms with E-state index >= 15 is 0 Å². The van der Waals surface area contributed by atoms with Gasteiger partial charge in [-0.3, -0.25) is 9.59 Å². The largest absolute Gasteiger partial charge is 0.497 e. The molecule has 0 bridgehead atoms. The maximum Gasteiger partial charge on any atom is 0.224 e. The smallest absolute Gasteiger partial charge is 0.224 e. The molecular formula is C28H36N2O3. The van der Waals surface area contributed by atoms with Crippen LogP contribution in [0.4, 0.5) is 5.69 Å². The first kappa shape index (κ1) is 24.6. The summed E-state index contributed by atoms with van der Waals surface area (Å²) in [5.41, 5.74) is 4.11. The third kappa shape index (κ3) is 6.95. The van der Waals surface area contributed by atoms with Gasteiger partial charge in [0.05, 0.1) is 7.11 Å². The average molecular weight is 449 g/mol. The second kappa shape index (κ2) is 11.2. The van der Waals surface area contributed by atoms with E-state index in [0.29, 0.717) is 17.7 Å². The lowest BCUT2D eigenvalue weighted by Gasteiger charge is -2.35. The Morgan fingerprint density at radius 2 is 1.79 bits per heavy atom. The number of fused-ring (bicyclic) bond motifs is 1. The fraction of sp³-hybridized carbons (Fsp3) is 0.429. The molecule has 5 nitrogen and oxygen atoms in total. The molecule has 33 heavy (non-hydrogen) atoms. The first-order chi connectivity index (χ1) is 15.8. The summed E-state index contributed by atoms with van der Waals surface area (Å²) < 4.78 is 5.38. The fourth-order valence-corrected chi connectivity index (χ4v) is 4.20. The van der Waals surface area contributed by atoms with Gasteiger partial charge in [-0.2, -0.15) is 0 Å². The molecule has 0 radical (unpaired) electrons. The minimum Gasteiger partial charge on any atom is -0.497 e. The Morgan fingerprint density at radius 1 is 1.06 bits per heavy atom. The van der Waals surface area contributed by atoms with E-state index in [4.69, 9.17) is 4.74 Å². The number of allylic oxidation sites excluding steroid dienone is 1. The molecule has 1 aliphatic rings. The summed E-state index contributed by atoms with van der Waals surface area (Å²) in [4.78, 5) is 25.2. The van der Waals surface area contributed by atoms with Crippen LogP contribution in [0.15, 0.2) is 48.5 Å². The van der Waals surface area contributed by atoms with Gasteiger partial charge in [-0.25, -0.2) is 0 Å². The number of hydrogen-bond donors (Lipinski definition) is 2. The molecule has 3 rings (SSSR count). The molecule has 0 saturated carbocycles. The van der Waals surface area contributed by atoms with Crippen molar-refractivity contribution in [1.82, 2.24) is 5.32 Å². The summed E-state index contributed by atoms with van der Waals surface area (Å²) in [7, 11) is 1.64. The van der Waals surface area contributed by atoms with Crippen molar-refractivity contribution in [2.24, 2.45) is 0 Å². The second-order valence-corrected chi connectivity index (χ2v) is 9.42. The Balaban J connectivity index is 1.67. The van der Waals surface area contributed by atoms with Crippen molar-refractivity contribution in [1.29, 1.82) is 0 Å². The molecule has 0 atom stereocenters. The zero-order chi connectivity index (χ0) is 23.8. The van der Waals surface area contributed by atoms with E-state index in [1.807, 2.05) is 12.1 Å². The molecule has 1 amide bonds. The standard InChI is InChI=1S/C28H36N2O3/c1-5-6-7-8-9-10-27(32)29-22-14-11-20(12-15-22)26(31)18-25-24-17-23(33-4)16-13-21(24)19-28(2,3)30-25/h11-18,30H,5-10,19H2,1-4H3,(H,29,32)/b25-18-. The number of benzene rings is 2. The number of ether oxygens (including phenoxy) is 1. The molecule has 0 saturated heterocycles. The highest BCUT2D eigenvalue weighted by Gasteiger charge is 2.28. The molecule has 0 spiro atoms. The highest BCUT2D eigenvalue weighted by Crippen LogP contribution is 2.32. The number of amides is 1. The number of carbonyl (C=O) groups excluding carboxylic acids is 2. The van der Waals surface area contributed by atoms with Crippen LogP contribution in [0, 0.1) is 0 Å². The Hall–Kier alpha value is -3.08. The van der Waals surface area contributed by atoms with Gasteiger partial charge in [0.15, 0.2) is 5.78 Å². The summed E-state index contributed by atoms with van der Waals surface area (Å²) in [6, 6.07) is 13.1. The highest BCUT2D eigenvalue weighted by atomic mass is 16.5. The molecule has 2 aromatic carbocycles. The lowest BCUT2D eigenvalue weighted by Crippen LogP contribution is -2.43. The lowest BCUT2D eigenvalue weighted by atomic mass is 9.85. The zero-order valence-corrected chi connectivity index (χ0v) is 20.3. The maximum absolute atomic E-state index is 13.0. The lowest BCUT2D eigenvalue weighted by molar-refractivity contribution is -0.116. The fourth-order valence-electron chi connectivity index (χ4n) is 4.20. The van der Waals surface area contributed by atoms with Crippen molar-refractivity contribution in [2.45, 2.75) is 71.3 Å². The number of anilines is 1. The van der Waals surface area contributed by atoms with Crippen molar-refractivity contribution >= 4 is 23.1 Å². The molecule has 2 N–H and O–H groups in total. The molecule has 176 valence electrons. The van der Waals surface area contributed by atoms with Gasteiger partial charge < -0.3 is 15.4 Å². The summed E-state index contributed by atoms with van der Waals surface area (Å²) in [6.45, 7) is 6.43. The van der Waals surface area contributed by atoms with E-state index in [0.717, 1.165) is 36.3 Å². The molecule has 2 aromatic rings. The van der Waals surface area contributed by atoms with Gasteiger partial charge in [-0.05, 0) is 68.7 Å².